The molecule has 8 heteroatoms. The van der Waals surface area contributed by atoms with Crippen LogP contribution in [-0.4, -0.2) is 4.92 Å². The van der Waals surface area contributed by atoms with Crippen molar-refractivity contribution in [1.29, 1.82) is 0 Å². The van der Waals surface area contributed by atoms with Gasteiger partial charge in [-0.15, -0.1) is 0 Å². The van der Waals surface area contributed by atoms with Crippen molar-refractivity contribution in [3.63, 3.8) is 0 Å². The van der Waals surface area contributed by atoms with E-state index >= 15 is 0 Å². The smallest absolute Gasteiger partial charge is 0.275 e. The lowest BCUT2D eigenvalue weighted by Crippen LogP contribution is -2.06. The number of hydrogen-bond acceptors (Lipinski definition) is 3. The summed E-state index contributed by atoms with van der Waals surface area (Å²) < 4.78 is 39.6. The summed E-state index contributed by atoms with van der Waals surface area (Å²) in [4.78, 5) is 10.2. The highest BCUT2D eigenvalue weighted by Crippen LogP contribution is 2.28. The van der Waals surface area contributed by atoms with E-state index in [2.05, 4.69) is 5.32 Å². The van der Waals surface area contributed by atoms with Crippen molar-refractivity contribution >= 4 is 23.0 Å². The number of benzene rings is 2. The summed E-state index contributed by atoms with van der Waals surface area (Å²) in [6.45, 7) is -0.254. The second kappa shape index (κ2) is 6.01. The SMILES string of the molecule is O=[N+]([O-])c1cccc(Cl)c1CNc1cc(F)cc(F)c1F. The Morgan fingerprint density at radius 3 is 2.62 bits per heavy atom. The Labute approximate surface area is 122 Å². The lowest BCUT2D eigenvalue weighted by atomic mass is 10.1. The number of rotatable bonds is 4. The van der Waals surface area contributed by atoms with E-state index in [1.807, 2.05) is 0 Å². The zero-order chi connectivity index (χ0) is 15.6. The minimum atomic E-state index is -1.36. The third-order valence-corrected chi connectivity index (χ3v) is 3.09. The van der Waals surface area contributed by atoms with Crippen molar-refractivity contribution < 1.29 is 18.1 Å². The maximum Gasteiger partial charge on any atom is 0.275 e. The molecule has 0 saturated heterocycles. The Balaban J connectivity index is 2.31. The van der Waals surface area contributed by atoms with E-state index in [1.54, 1.807) is 0 Å². The first-order valence-electron chi connectivity index (χ1n) is 5.70. The van der Waals surface area contributed by atoms with E-state index in [0.29, 0.717) is 6.07 Å². The van der Waals surface area contributed by atoms with Crippen LogP contribution in [0.25, 0.3) is 0 Å². The van der Waals surface area contributed by atoms with Crippen LogP contribution in [0, 0.1) is 27.6 Å². The molecule has 21 heavy (non-hydrogen) atoms. The van der Waals surface area contributed by atoms with Gasteiger partial charge in [0.05, 0.1) is 21.2 Å². The molecule has 0 amide bonds. The van der Waals surface area contributed by atoms with Crippen LogP contribution in [0.2, 0.25) is 5.02 Å². The van der Waals surface area contributed by atoms with Crippen LogP contribution in [-0.2, 0) is 6.54 Å². The van der Waals surface area contributed by atoms with Crippen LogP contribution in [0.3, 0.4) is 0 Å². The summed E-state index contributed by atoms with van der Waals surface area (Å²) in [5.74, 6) is -3.60. The molecular formula is C13H8ClF3N2O2. The summed E-state index contributed by atoms with van der Waals surface area (Å²) in [5.41, 5.74) is -0.623. The Morgan fingerprint density at radius 2 is 1.95 bits per heavy atom. The highest BCUT2D eigenvalue weighted by molar-refractivity contribution is 6.31. The number of nitrogens with zero attached hydrogens (tertiary/aromatic N) is 1. The largest absolute Gasteiger partial charge is 0.378 e. The van der Waals surface area contributed by atoms with Gasteiger partial charge >= 0.3 is 0 Å². The maximum absolute atomic E-state index is 13.5. The number of hydrogen-bond donors (Lipinski definition) is 1. The fourth-order valence-corrected chi connectivity index (χ4v) is 2.00. The van der Waals surface area contributed by atoms with Gasteiger partial charge in [-0.3, -0.25) is 10.1 Å². The van der Waals surface area contributed by atoms with Crippen molar-refractivity contribution in [3.05, 3.63) is 68.5 Å². The van der Waals surface area contributed by atoms with E-state index in [0.717, 1.165) is 6.07 Å². The number of anilines is 1. The summed E-state index contributed by atoms with van der Waals surface area (Å²) >= 11 is 5.86. The molecule has 0 fully saturated rings. The number of nitro groups is 1. The normalized spacial score (nSPS) is 10.5. The van der Waals surface area contributed by atoms with Crippen molar-refractivity contribution in [2.24, 2.45) is 0 Å². The lowest BCUT2D eigenvalue weighted by molar-refractivity contribution is -0.385. The zero-order valence-corrected chi connectivity index (χ0v) is 11.1. The first kappa shape index (κ1) is 15.1. The third kappa shape index (κ3) is 3.25. The van der Waals surface area contributed by atoms with Gasteiger partial charge in [-0.1, -0.05) is 17.7 Å². The van der Waals surface area contributed by atoms with E-state index < -0.39 is 28.1 Å². The highest BCUT2D eigenvalue weighted by Gasteiger charge is 2.17. The second-order valence-electron chi connectivity index (χ2n) is 4.10. The Morgan fingerprint density at radius 1 is 1.24 bits per heavy atom. The minimum absolute atomic E-state index is 0.0910. The highest BCUT2D eigenvalue weighted by atomic mass is 35.5. The lowest BCUT2D eigenvalue weighted by Gasteiger charge is -2.10. The predicted molar refractivity (Wildman–Crippen MR) is 71.7 cm³/mol. The van der Waals surface area contributed by atoms with Crippen LogP contribution < -0.4 is 5.32 Å². The van der Waals surface area contributed by atoms with Gasteiger partial charge in [-0.2, -0.15) is 0 Å². The summed E-state index contributed by atoms with van der Waals surface area (Å²) in [5, 5.41) is 13.4. The fourth-order valence-electron chi connectivity index (χ4n) is 1.76. The Bertz CT molecular complexity index is 710. The molecule has 2 aromatic rings. The van der Waals surface area contributed by atoms with Crippen molar-refractivity contribution in [3.8, 4) is 0 Å². The molecule has 0 unspecified atom stereocenters. The minimum Gasteiger partial charge on any atom is -0.378 e. The summed E-state index contributed by atoms with van der Waals surface area (Å²) in [6.07, 6.45) is 0. The van der Waals surface area contributed by atoms with Gasteiger partial charge in [0.1, 0.15) is 5.82 Å². The molecule has 110 valence electrons. The monoisotopic (exact) mass is 316 g/mol. The van der Waals surface area contributed by atoms with Gasteiger partial charge in [0, 0.05) is 24.7 Å². The van der Waals surface area contributed by atoms with Gasteiger partial charge in [-0.25, -0.2) is 13.2 Å². The van der Waals surface area contributed by atoms with Crippen molar-refractivity contribution in [1.82, 2.24) is 0 Å². The molecule has 0 atom stereocenters. The quantitative estimate of drug-likeness (QED) is 0.520. The summed E-state index contributed by atoms with van der Waals surface area (Å²) in [6, 6.07) is 5.20. The number of nitrogens with one attached hydrogen (secondary N) is 1. The van der Waals surface area contributed by atoms with Gasteiger partial charge in [-0.05, 0) is 6.07 Å². The molecule has 0 aliphatic heterocycles. The van der Waals surface area contributed by atoms with Crippen LogP contribution in [0.5, 0.6) is 0 Å². The maximum atomic E-state index is 13.5. The topological polar surface area (TPSA) is 55.2 Å². The van der Waals surface area contributed by atoms with E-state index in [-0.39, 0.29) is 22.8 Å². The van der Waals surface area contributed by atoms with Crippen molar-refractivity contribution in [2.75, 3.05) is 5.32 Å². The van der Waals surface area contributed by atoms with Crippen molar-refractivity contribution in [2.45, 2.75) is 6.54 Å². The molecule has 2 rings (SSSR count). The standard InChI is InChI=1S/C13H8ClF3N2O2/c14-9-2-1-3-12(19(20)21)8(9)6-18-11-5-7(15)4-10(16)13(11)17/h1-5,18H,6H2. The van der Waals surface area contributed by atoms with Gasteiger partial charge in [0.2, 0.25) is 0 Å². The van der Waals surface area contributed by atoms with Crippen LogP contribution >= 0.6 is 11.6 Å². The number of nitro benzene ring substituents is 1. The van der Waals surface area contributed by atoms with Gasteiger partial charge in [0.25, 0.3) is 5.69 Å². The molecular weight excluding hydrogens is 309 g/mol. The number of halogens is 4. The second-order valence-corrected chi connectivity index (χ2v) is 4.50. The Kier molecular flexibility index (Phi) is 4.32. The molecule has 0 heterocycles. The molecule has 0 saturated carbocycles. The summed E-state index contributed by atoms with van der Waals surface area (Å²) in [7, 11) is 0. The van der Waals surface area contributed by atoms with Crippen LogP contribution in [0.15, 0.2) is 30.3 Å². The molecule has 0 aliphatic carbocycles. The molecule has 0 spiro atoms. The molecule has 0 radical (unpaired) electrons. The van der Waals surface area contributed by atoms with E-state index in [4.69, 9.17) is 11.6 Å². The molecule has 0 aromatic heterocycles. The average Bonchev–Trinajstić information content (AvgIpc) is 2.41. The average molecular weight is 317 g/mol. The van der Waals surface area contributed by atoms with Gasteiger partial charge < -0.3 is 5.32 Å². The van der Waals surface area contributed by atoms with Crippen LogP contribution in [0.1, 0.15) is 5.56 Å². The van der Waals surface area contributed by atoms with Gasteiger partial charge in [0.15, 0.2) is 11.6 Å². The van der Waals surface area contributed by atoms with E-state index in [9.17, 15) is 23.3 Å². The first-order chi connectivity index (χ1) is 9.90. The third-order valence-electron chi connectivity index (χ3n) is 2.74. The molecule has 4 nitrogen and oxygen atoms in total. The fraction of sp³-hybridized carbons (Fsp3) is 0.0769. The van der Waals surface area contributed by atoms with E-state index in [1.165, 1.54) is 18.2 Å². The van der Waals surface area contributed by atoms with Crippen LogP contribution in [0.4, 0.5) is 24.5 Å². The predicted octanol–water partition coefficient (Wildman–Crippen LogP) is 4.28. The zero-order valence-electron chi connectivity index (χ0n) is 10.4. The molecule has 0 bridgehead atoms. The Hall–Kier alpha value is -2.28. The molecule has 0 aliphatic rings. The molecule has 2 aromatic carbocycles. The molecule has 1 N–H and O–H groups in total. The first-order valence-corrected chi connectivity index (χ1v) is 6.08.